The minimum atomic E-state index is -3.81. The Balaban J connectivity index is 2.05. The lowest BCUT2D eigenvalue weighted by Gasteiger charge is -2.20. The number of nitrogens with one attached hydrogen (secondary N) is 1. The van der Waals surface area contributed by atoms with Crippen LogP contribution in [0.25, 0.3) is 0 Å². The van der Waals surface area contributed by atoms with Crippen molar-refractivity contribution in [1.29, 1.82) is 0 Å². The van der Waals surface area contributed by atoms with E-state index in [1.165, 1.54) is 18.6 Å². The van der Waals surface area contributed by atoms with Crippen LogP contribution in [0.3, 0.4) is 0 Å². The maximum atomic E-state index is 12.8. The molecule has 8 heteroatoms. The first-order valence-electron chi connectivity index (χ1n) is 8.62. The van der Waals surface area contributed by atoms with E-state index in [0.29, 0.717) is 30.2 Å². The Morgan fingerprint density at radius 2 is 2.15 bits per heavy atom. The van der Waals surface area contributed by atoms with Crippen molar-refractivity contribution in [2.24, 2.45) is 5.92 Å². The number of hydrogen-bond donors (Lipinski definition) is 1. The summed E-state index contributed by atoms with van der Waals surface area (Å²) in [6, 6.07) is 5.31. The van der Waals surface area contributed by atoms with Crippen LogP contribution in [-0.4, -0.2) is 43.5 Å². The molecular weight excluding hydrogens is 376 g/mol. The van der Waals surface area contributed by atoms with Crippen LogP contribution in [0.4, 0.5) is 0 Å². The smallest absolute Gasteiger partial charge is 0.243 e. The molecule has 0 bridgehead atoms. The third-order valence-corrected chi connectivity index (χ3v) is 6.22. The fourth-order valence-corrected chi connectivity index (χ4v) is 4.45. The number of carbonyl (C=O) groups is 2. The van der Waals surface area contributed by atoms with Crippen molar-refractivity contribution in [2.75, 3.05) is 13.1 Å². The van der Waals surface area contributed by atoms with Gasteiger partial charge >= 0.3 is 0 Å². The van der Waals surface area contributed by atoms with Crippen LogP contribution in [0.2, 0.25) is 5.02 Å². The maximum Gasteiger partial charge on any atom is 0.243 e. The lowest BCUT2D eigenvalue weighted by atomic mass is 10.1. The molecule has 6 nitrogen and oxygen atoms in total. The number of hydrogen-bond acceptors (Lipinski definition) is 4. The SMILES string of the molecule is CC(C)C[CH]C(=O)NC1CCCN(S(=O)(=O)c2cccc(Cl)c2)CC1=O. The average molecular weight is 400 g/mol. The highest BCUT2D eigenvalue weighted by Gasteiger charge is 2.32. The normalized spacial score (nSPS) is 19.4. The van der Waals surface area contributed by atoms with E-state index in [0.717, 1.165) is 4.31 Å². The van der Waals surface area contributed by atoms with Crippen molar-refractivity contribution in [3.8, 4) is 0 Å². The molecule has 1 fully saturated rings. The van der Waals surface area contributed by atoms with Gasteiger partial charge in [0.2, 0.25) is 15.9 Å². The Morgan fingerprint density at radius 1 is 1.42 bits per heavy atom. The molecular formula is C18H24ClN2O4S. The van der Waals surface area contributed by atoms with E-state index in [1.54, 1.807) is 12.1 Å². The first kappa shape index (κ1) is 20.9. The Labute approximate surface area is 160 Å². The van der Waals surface area contributed by atoms with Gasteiger partial charge in [-0.25, -0.2) is 8.42 Å². The van der Waals surface area contributed by atoms with Gasteiger partial charge in [0.05, 0.1) is 17.5 Å². The molecule has 1 aliphatic heterocycles. The topological polar surface area (TPSA) is 83.6 Å². The van der Waals surface area contributed by atoms with Crippen molar-refractivity contribution in [1.82, 2.24) is 9.62 Å². The standard InChI is InChI=1S/C18H24ClN2O4S/c1-13(2)8-9-18(23)20-16-7-4-10-21(12-17(16)22)26(24,25)15-6-3-5-14(19)11-15/h3,5-6,9,11,13,16H,4,7-8,10,12H2,1-2H3,(H,20,23). The summed E-state index contributed by atoms with van der Waals surface area (Å²) in [7, 11) is -3.81. The lowest BCUT2D eigenvalue weighted by molar-refractivity contribution is -0.126. The highest BCUT2D eigenvalue weighted by Crippen LogP contribution is 2.22. The van der Waals surface area contributed by atoms with Crippen molar-refractivity contribution in [3.05, 3.63) is 35.7 Å². The number of carbonyl (C=O) groups excluding carboxylic acids is 2. The van der Waals surface area contributed by atoms with E-state index in [4.69, 9.17) is 11.6 Å². The van der Waals surface area contributed by atoms with Crippen LogP contribution in [-0.2, 0) is 19.6 Å². The van der Waals surface area contributed by atoms with Gasteiger partial charge in [0, 0.05) is 18.0 Å². The fourth-order valence-electron chi connectivity index (χ4n) is 2.70. The van der Waals surface area contributed by atoms with Crippen LogP contribution >= 0.6 is 11.6 Å². The number of ketones is 1. The molecule has 0 aromatic heterocycles. The molecule has 2 rings (SSSR count). The molecule has 1 N–H and O–H groups in total. The fraction of sp³-hybridized carbons (Fsp3) is 0.500. The molecule has 1 unspecified atom stereocenters. The zero-order chi connectivity index (χ0) is 19.3. The summed E-state index contributed by atoms with van der Waals surface area (Å²) in [4.78, 5) is 24.5. The Kier molecular flexibility index (Phi) is 7.20. The second-order valence-electron chi connectivity index (χ2n) is 6.80. The molecule has 26 heavy (non-hydrogen) atoms. The molecule has 1 aromatic carbocycles. The Bertz CT molecular complexity index is 764. The predicted molar refractivity (Wildman–Crippen MR) is 100 cm³/mol. The van der Waals surface area contributed by atoms with Gasteiger partial charge in [-0.15, -0.1) is 0 Å². The summed E-state index contributed by atoms with van der Waals surface area (Å²) in [5.74, 6) is -0.244. The molecule has 1 heterocycles. The minimum Gasteiger partial charge on any atom is -0.346 e. The minimum absolute atomic E-state index is 0.0607. The van der Waals surface area contributed by atoms with Crippen LogP contribution < -0.4 is 5.32 Å². The van der Waals surface area contributed by atoms with Gasteiger partial charge in [0.1, 0.15) is 0 Å². The third kappa shape index (κ3) is 5.53. The molecule has 143 valence electrons. The second-order valence-corrected chi connectivity index (χ2v) is 9.17. The van der Waals surface area contributed by atoms with Gasteiger partial charge in [-0.2, -0.15) is 4.31 Å². The van der Waals surface area contributed by atoms with E-state index in [1.807, 2.05) is 13.8 Å². The summed E-state index contributed by atoms with van der Waals surface area (Å²) in [5.41, 5.74) is 0. The molecule has 0 aliphatic carbocycles. The second kappa shape index (κ2) is 8.97. The molecule has 1 atom stereocenters. The van der Waals surface area contributed by atoms with Crippen molar-refractivity contribution in [3.63, 3.8) is 0 Å². The number of amides is 1. The largest absolute Gasteiger partial charge is 0.346 e. The van der Waals surface area contributed by atoms with Crippen LogP contribution in [0.1, 0.15) is 33.1 Å². The van der Waals surface area contributed by atoms with Crippen molar-refractivity contribution in [2.45, 2.75) is 44.0 Å². The molecule has 1 aromatic rings. The summed E-state index contributed by atoms with van der Waals surface area (Å²) in [6.45, 7) is 3.96. The number of Topliss-reactive ketones (excluding diaryl/α,β-unsaturated/α-hetero) is 1. The monoisotopic (exact) mass is 399 g/mol. The van der Waals surface area contributed by atoms with E-state index >= 15 is 0 Å². The van der Waals surface area contributed by atoms with Gasteiger partial charge in [-0.05, 0) is 43.4 Å². The van der Waals surface area contributed by atoms with Gasteiger partial charge in [-0.3, -0.25) is 9.59 Å². The molecule has 1 amide bonds. The Morgan fingerprint density at radius 3 is 2.81 bits per heavy atom. The van der Waals surface area contributed by atoms with Gasteiger partial charge in [-0.1, -0.05) is 31.5 Å². The predicted octanol–water partition coefficient (Wildman–Crippen LogP) is 2.43. The summed E-state index contributed by atoms with van der Waals surface area (Å²) in [6.07, 6.45) is 3.06. The van der Waals surface area contributed by atoms with Gasteiger partial charge in [0.25, 0.3) is 0 Å². The number of sulfonamides is 1. The molecule has 1 aliphatic rings. The molecule has 1 radical (unpaired) electrons. The van der Waals surface area contributed by atoms with E-state index in [9.17, 15) is 18.0 Å². The summed E-state index contributed by atoms with van der Waals surface area (Å²) >= 11 is 5.88. The van der Waals surface area contributed by atoms with Crippen LogP contribution in [0, 0.1) is 12.3 Å². The van der Waals surface area contributed by atoms with E-state index in [-0.39, 0.29) is 29.7 Å². The van der Waals surface area contributed by atoms with Crippen molar-refractivity contribution >= 4 is 33.3 Å². The van der Waals surface area contributed by atoms with Gasteiger partial charge < -0.3 is 5.32 Å². The van der Waals surface area contributed by atoms with E-state index < -0.39 is 16.1 Å². The average Bonchev–Trinajstić information content (AvgIpc) is 2.75. The first-order chi connectivity index (χ1) is 12.2. The molecule has 1 saturated heterocycles. The van der Waals surface area contributed by atoms with Crippen molar-refractivity contribution < 1.29 is 18.0 Å². The number of rotatable bonds is 6. The maximum absolute atomic E-state index is 12.8. The number of nitrogens with zero attached hydrogens (tertiary/aromatic N) is 1. The lowest BCUT2D eigenvalue weighted by Crippen LogP contribution is -2.44. The molecule has 0 spiro atoms. The van der Waals surface area contributed by atoms with Crippen LogP contribution in [0.5, 0.6) is 0 Å². The zero-order valence-electron chi connectivity index (χ0n) is 14.9. The Hall–Kier alpha value is -1.44. The molecule has 0 saturated carbocycles. The number of halogens is 1. The zero-order valence-corrected chi connectivity index (χ0v) is 16.5. The highest BCUT2D eigenvalue weighted by atomic mass is 35.5. The van der Waals surface area contributed by atoms with Gasteiger partial charge in [0.15, 0.2) is 5.78 Å². The highest BCUT2D eigenvalue weighted by molar-refractivity contribution is 7.89. The summed E-state index contributed by atoms with van der Waals surface area (Å²) < 4.78 is 26.7. The number of benzene rings is 1. The third-order valence-electron chi connectivity index (χ3n) is 4.15. The van der Waals surface area contributed by atoms with E-state index in [2.05, 4.69) is 5.32 Å². The quantitative estimate of drug-likeness (QED) is 0.796. The van der Waals surface area contributed by atoms with Crippen LogP contribution in [0.15, 0.2) is 29.2 Å². The first-order valence-corrected chi connectivity index (χ1v) is 10.4. The summed E-state index contributed by atoms with van der Waals surface area (Å²) in [5, 5.41) is 3.02.